The molecule has 0 bridgehead atoms. The third kappa shape index (κ3) is 3.01. The van der Waals surface area contributed by atoms with Gasteiger partial charge >= 0.3 is 0 Å². The average molecular weight is 345 g/mol. The Morgan fingerprint density at radius 1 is 1.12 bits per heavy atom. The normalized spacial score (nSPS) is 25.7. The predicted molar refractivity (Wildman–Crippen MR) is 96.2 cm³/mol. The quantitative estimate of drug-likeness (QED) is 0.873. The van der Waals surface area contributed by atoms with Gasteiger partial charge in [0, 0.05) is 43.5 Å². The third-order valence-corrected chi connectivity index (χ3v) is 5.51. The summed E-state index contributed by atoms with van der Waals surface area (Å²) >= 11 is 0. The summed E-state index contributed by atoms with van der Waals surface area (Å²) < 4.78 is 7.42. The first kappa shape index (κ1) is 16.8. The highest BCUT2D eigenvalue weighted by molar-refractivity contribution is 5.56. The van der Waals surface area contributed by atoms with Gasteiger partial charge in [-0.25, -0.2) is 4.98 Å². The van der Waals surface area contributed by atoms with E-state index < -0.39 is 0 Å². The molecule has 0 saturated carbocycles. The second-order valence-electron chi connectivity index (χ2n) is 7.25. The van der Waals surface area contributed by atoms with Gasteiger partial charge in [0.15, 0.2) is 5.65 Å². The number of aliphatic hydroxyl groups is 1. The van der Waals surface area contributed by atoms with Crippen molar-refractivity contribution >= 4 is 11.5 Å². The Balaban J connectivity index is 1.60. The van der Waals surface area contributed by atoms with Crippen LogP contribution in [0, 0.1) is 20.8 Å². The number of fused-ring (bicyclic) bond motifs is 1. The molecular weight excluding hydrogens is 318 g/mol. The van der Waals surface area contributed by atoms with Gasteiger partial charge in [-0.05, 0) is 27.2 Å². The van der Waals surface area contributed by atoms with Gasteiger partial charge in [-0.3, -0.25) is 4.90 Å². The van der Waals surface area contributed by atoms with E-state index in [1.807, 2.05) is 18.4 Å². The fourth-order valence-corrected chi connectivity index (χ4v) is 3.94. The number of aryl methyl sites for hydroxylation is 3. The Kier molecular flexibility index (Phi) is 4.39. The summed E-state index contributed by atoms with van der Waals surface area (Å²) in [6.45, 7) is 11.1. The van der Waals surface area contributed by atoms with Crippen LogP contribution in [0.15, 0.2) is 6.07 Å². The molecule has 0 aliphatic carbocycles. The molecule has 2 aliphatic heterocycles. The summed E-state index contributed by atoms with van der Waals surface area (Å²) in [4.78, 5) is 9.45. The van der Waals surface area contributed by atoms with Crippen molar-refractivity contribution in [3.8, 4) is 0 Å². The van der Waals surface area contributed by atoms with Crippen LogP contribution in [0.25, 0.3) is 5.65 Å². The first-order valence-electron chi connectivity index (χ1n) is 9.13. The molecule has 7 nitrogen and oxygen atoms in total. The van der Waals surface area contributed by atoms with Crippen molar-refractivity contribution in [2.24, 2.45) is 0 Å². The van der Waals surface area contributed by atoms with E-state index in [0.29, 0.717) is 13.2 Å². The van der Waals surface area contributed by atoms with E-state index in [0.717, 1.165) is 61.0 Å². The standard InChI is InChI=1S/C18H27N5O2/c1-12-9-17(23-18(19-12)13(2)14(3)20-23)22-6-4-5-21(7-8-22)15-10-25-11-16(15)24/h9,15-16,24H,4-8,10-11H2,1-3H3/t15-,16-/m0/s1. The van der Waals surface area contributed by atoms with Crippen LogP contribution in [0.3, 0.4) is 0 Å². The fourth-order valence-electron chi connectivity index (χ4n) is 3.94. The van der Waals surface area contributed by atoms with Gasteiger partial charge in [0.25, 0.3) is 0 Å². The van der Waals surface area contributed by atoms with Gasteiger partial charge in [-0.1, -0.05) is 0 Å². The molecule has 1 N–H and O–H groups in total. The molecular formula is C18H27N5O2. The molecule has 0 aromatic carbocycles. The van der Waals surface area contributed by atoms with Gasteiger partial charge in [0.1, 0.15) is 5.82 Å². The van der Waals surface area contributed by atoms with Crippen molar-refractivity contribution in [1.82, 2.24) is 19.5 Å². The first-order chi connectivity index (χ1) is 12.0. The highest BCUT2D eigenvalue weighted by Crippen LogP contribution is 2.23. The van der Waals surface area contributed by atoms with Crippen LogP contribution in [0.1, 0.15) is 23.4 Å². The van der Waals surface area contributed by atoms with Crippen LogP contribution in [-0.4, -0.2) is 76.1 Å². The summed E-state index contributed by atoms with van der Waals surface area (Å²) in [5.74, 6) is 1.11. The van der Waals surface area contributed by atoms with E-state index in [9.17, 15) is 5.11 Å². The van der Waals surface area contributed by atoms with E-state index in [1.54, 1.807) is 0 Å². The number of anilines is 1. The lowest BCUT2D eigenvalue weighted by molar-refractivity contribution is 0.0859. The number of hydrogen-bond donors (Lipinski definition) is 1. The van der Waals surface area contributed by atoms with E-state index in [4.69, 9.17) is 9.84 Å². The van der Waals surface area contributed by atoms with Crippen molar-refractivity contribution in [2.45, 2.75) is 39.3 Å². The zero-order chi connectivity index (χ0) is 17.6. The Morgan fingerprint density at radius 3 is 2.72 bits per heavy atom. The van der Waals surface area contributed by atoms with E-state index >= 15 is 0 Å². The van der Waals surface area contributed by atoms with Gasteiger partial charge in [0.05, 0.1) is 31.1 Å². The number of rotatable bonds is 2. The maximum Gasteiger partial charge on any atom is 0.160 e. The van der Waals surface area contributed by atoms with Gasteiger partial charge < -0.3 is 14.7 Å². The predicted octanol–water partition coefficient (Wildman–Crippen LogP) is 0.926. The molecule has 7 heteroatoms. The van der Waals surface area contributed by atoms with Crippen LogP contribution in [0.4, 0.5) is 5.82 Å². The van der Waals surface area contributed by atoms with E-state index in [1.165, 1.54) is 0 Å². The van der Waals surface area contributed by atoms with Crippen LogP contribution in [-0.2, 0) is 4.74 Å². The SMILES string of the molecule is Cc1cc(N2CCCN([C@H]3COC[C@@H]3O)CC2)n2nc(C)c(C)c2n1. The van der Waals surface area contributed by atoms with E-state index in [2.05, 4.69) is 27.8 Å². The highest BCUT2D eigenvalue weighted by atomic mass is 16.5. The summed E-state index contributed by atoms with van der Waals surface area (Å²) in [6.07, 6.45) is 0.698. The number of hydrogen-bond acceptors (Lipinski definition) is 6. The lowest BCUT2D eigenvalue weighted by Gasteiger charge is -2.28. The van der Waals surface area contributed by atoms with Crippen LogP contribution < -0.4 is 4.90 Å². The fraction of sp³-hybridized carbons (Fsp3) is 0.667. The van der Waals surface area contributed by atoms with Crippen molar-refractivity contribution in [2.75, 3.05) is 44.3 Å². The molecule has 4 heterocycles. The van der Waals surface area contributed by atoms with E-state index in [-0.39, 0.29) is 12.1 Å². The Hall–Kier alpha value is -1.70. The summed E-state index contributed by atoms with van der Waals surface area (Å²) in [7, 11) is 0. The lowest BCUT2D eigenvalue weighted by atomic mass is 10.2. The molecule has 0 amide bonds. The van der Waals surface area contributed by atoms with Gasteiger partial charge in [-0.15, -0.1) is 0 Å². The maximum absolute atomic E-state index is 10.1. The van der Waals surface area contributed by atoms with Crippen LogP contribution in [0.2, 0.25) is 0 Å². The Morgan fingerprint density at radius 2 is 1.96 bits per heavy atom. The Labute approximate surface area is 148 Å². The topological polar surface area (TPSA) is 66.1 Å². The minimum Gasteiger partial charge on any atom is -0.389 e. The zero-order valence-corrected chi connectivity index (χ0v) is 15.3. The highest BCUT2D eigenvalue weighted by Gasteiger charge is 2.32. The van der Waals surface area contributed by atoms with Crippen molar-refractivity contribution in [3.05, 3.63) is 23.0 Å². The molecule has 2 aromatic heterocycles. The largest absolute Gasteiger partial charge is 0.389 e. The molecule has 2 saturated heterocycles. The second-order valence-corrected chi connectivity index (χ2v) is 7.25. The minimum atomic E-state index is -0.363. The lowest BCUT2D eigenvalue weighted by Crippen LogP contribution is -2.44. The number of aliphatic hydroxyl groups excluding tert-OH is 1. The van der Waals surface area contributed by atoms with Crippen molar-refractivity contribution in [3.63, 3.8) is 0 Å². The molecule has 4 rings (SSSR count). The Bertz CT molecular complexity index is 774. The summed E-state index contributed by atoms with van der Waals surface area (Å²) in [6, 6.07) is 2.26. The van der Waals surface area contributed by atoms with Crippen molar-refractivity contribution < 1.29 is 9.84 Å². The van der Waals surface area contributed by atoms with Crippen LogP contribution >= 0.6 is 0 Å². The van der Waals surface area contributed by atoms with Crippen molar-refractivity contribution in [1.29, 1.82) is 0 Å². The monoisotopic (exact) mass is 345 g/mol. The average Bonchev–Trinajstić information content (AvgIpc) is 3.02. The van der Waals surface area contributed by atoms with Gasteiger partial charge in [-0.2, -0.15) is 9.61 Å². The number of ether oxygens (including phenoxy) is 1. The molecule has 2 fully saturated rings. The maximum atomic E-state index is 10.1. The molecule has 136 valence electrons. The number of nitrogens with zero attached hydrogens (tertiary/aromatic N) is 5. The van der Waals surface area contributed by atoms with Crippen LogP contribution in [0.5, 0.6) is 0 Å². The number of aromatic nitrogens is 3. The molecule has 2 atom stereocenters. The molecule has 25 heavy (non-hydrogen) atoms. The minimum absolute atomic E-state index is 0.133. The van der Waals surface area contributed by atoms with Gasteiger partial charge in [0.2, 0.25) is 0 Å². The third-order valence-electron chi connectivity index (χ3n) is 5.51. The molecule has 0 unspecified atom stereocenters. The summed E-state index contributed by atoms with van der Waals surface area (Å²) in [5.41, 5.74) is 4.15. The molecule has 0 spiro atoms. The second kappa shape index (κ2) is 6.55. The smallest absolute Gasteiger partial charge is 0.160 e. The molecule has 0 radical (unpaired) electrons. The molecule has 2 aromatic rings. The summed E-state index contributed by atoms with van der Waals surface area (Å²) in [5, 5.41) is 14.8. The zero-order valence-electron chi connectivity index (χ0n) is 15.3. The first-order valence-corrected chi connectivity index (χ1v) is 9.13. The molecule has 2 aliphatic rings.